The molecule has 0 radical (unpaired) electrons. The van der Waals surface area contributed by atoms with Crippen LogP contribution in [0.1, 0.15) is 57.2 Å². The van der Waals surface area contributed by atoms with Gasteiger partial charge in [-0.3, -0.25) is 9.59 Å². The van der Waals surface area contributed by atoms with Crippen LogP contribution in [0.4, 0.5) is 0 Å². The van der Waals surface area contributed by atoms with Gasteiger partial charge in [0.05, 0.1) is 30.9 Å². The van der Waals surface area contributed by atoms with E-state index >= 15 is 0 Å². The fourth-order valence-corrected chi connectivity index (χ4v) is 3.91. The number of carbonyl (C=O) groups is 2. The summed E-state index contributed by atoms with van der Waals surface area (Å²) in [7, 11) is 0. The van der Waals surface area contributed by atoms with Gasteiger partial charge < -0.3 is 24.6 Å². The smallest absolute Gasteiger partial charge is 0.295 e. The number of nitrogens with zero attached hydrogens (tertiary/aromatic N) is 1. The van der Waals surface area contributed by atoms with Crippen molar-refractivity contribution in [2.75, 3.05) is 19.8 Å². The zero-order valence-corrected chi connectivity index (χ0v) is 20.0. The molecular formula is C27H33NO6. The maximum Gasteiger partial charge on any atom is 0.295 e. The maximum atomic E-state index is 13.0. The van der Waals surface area contributed by atoms with E-state index in [1.807, 2.05) is 13.8 Å². The molecule has 0 aromatic heterocycles. The molecule has 1 aliphatic heterocycles. The van der Waals surface area contributed by atoms with E-state index in [0.29, 0.717) is 23.5 Å². The highest BCUT2D eigenvalue weighted by atomic mass is 16.5. The molecule has 2 aromatic rings. The van der Waals surface area contributed by atoms with E-state index in [9.17, 15) is 19.8 Å². The number of aliphatic hydroxyl groups is 1. The largest absolute Gasteiger partial charge is 0.508 e. The standard InChI is InChI=1S/C27H33NO6/c1-4-5-6-16-34-22-13-9-20(10-14-22)25(30)23-24(19-7-11-21(29)12-8-19)28(27(32)26(23)31)15-17-33-18(2)3/h7-14,18,24,29-30H,4-6,15-17H2,1-3H3/b25-23-. The Morgan fingerprint density at radius 3 is 2.29 bits per heavy atom. The number of ketones is 1. The first kappa shape index (κ1) is 25.3. The third-order valence-corrected chi connectivity index (χ3v) is 5.68. The molecule has 0 spiro atoms. The molecule has 2 N–H and O–H groups in total. The van der Waals surface area contributed by atoms with E-state index in [2.05, 4.69) is 6.92 Å². The van der Waals surface area contributed by atoms with Crippen molar-refractivity contribution < 1.29 is 29.3 Å². The van der Waals surface area contributed by atoms with Crippen LogP contribution in [0.5, 0.6) is 11.5 Å². The molecule has 0 saturated carbocycles. The Bertz CT molecular complexity index is 1010. The number of ether oxygens (including phenoxy) is 2. The maximum absolute atomic E-state index is 13.0. The summed E-state index contributed by atoms with van der Waals surface area (Å²) in [6.45, 7) is 6.97. The highest BCUT2D eigenvalue weighted by molar-refractivity contribution is 6.46. The lowest BCUT2D eigenvalue weighted by atomic mass is 9.95. The number of benzene rings is 2. The first-order valence-corrected chi connectivity index (χ1v) is 11.8. The average molecular weight is 468 g/mol. The predicted molar refractivity (Wildman–Crippen MR) is 130 cm³/mol. The van der Waals surface area contributed by atoms with Gasteiger partial charge in [0.2, 0.25) is 0 Å². The Kier molecular flexibility index (Phi) is 8.71. The van der Waals surface area contributed by atoms with Crippen molar-refractivity contribution in [3.63, 3.8) is 0 Å². The molecule has 7 heteroatoms. The summed E-state index contributed by atoms with van der Waals surface area (Å²) < 4.78 is 11.3. The zero-order valence-electron chi connectivity index (χ0n) is 20.0. The second kappa shape index (κ2) is 11.7. The van der Waals surface area contributed by atoms with Crippen molar-refractivity contribution in [3.8, 4) is 11.5 Å². The molecule has 182 valence electrons. The molecule has 1 atom stereocenters. The van der Waals surface area contributed by atoms with Gasteiger partial charge in [-0.1, -0.05) is 31.9 Å². The van der Waals surface area contributed by atoms with Gasteiger partial charge in [0.25, 0.3) is 11.7 Å². The number of amides is 1. The molecule has 1 heterocycles. The Hall–Kier alpha value is -3.32. The van der Waals surface area contributed by atoms with Crippen molar-refractivity contribution in [2.24, 2.45) is 0 Å². The fraction of sp³-hybridized carbons (Fsp3) is 0.407. The molecule has 0 bridgehead atoms. The Labute approximate surface area is 200 Å². The monoisotopic (exact) mass is 467 g/mol. The number of carbonyl (C=O) groups excluding carboxylic acids is 2. The lowest BCUT2D eigenvalue weighted by Gasteiger charge is -2.25. The van der Waals surface area contributed by atoms with Gasteiger partial charge in [0.1, 0.15) is 17.3 Å². The highest BCUT2D eigenvalue weighted by Gasteiger charge is 2.45. The molecule has 1 aliphatic rings. The van der Waals surface area contributed by atoms with Gasteiger partial charge in [-0.2, -0.15) is 0 Å². The van der Waals surface area contributed by atoms with E-state index in [0.717, 1.165) is 19.3 Å². The van der Waals surface area contributed by atoms with Crippen LogP contribution in [-0.2, 0) is 14.3 Å². The number of likely N-dealkylation sites (tertiary alicyclic amines) is 1. The van der Waals surface area contributed by atoms with Crippen LogP contribution < -0.4 is 4.74 Å². The summed E-state index contributed by atoms with van der Waals surface area (Å²) in [6.07, 6.45) is 3.15. The van der Waals surface area contributed by atoms with Crippen molar-refractivity contribution in [3.05, 3.63) is 65.2 Å². The third-order valence-electron chi connectivity index (χ3n) is 5.68. The molecule has 1 amide bonds. The molecule has 7 nitrogen and oxygen atoms in total. The number of phenolic OH excluding ortho intramolecular Hbond substituents is 1. The van der Waals surface area contributed by atoms with Crippen molar-refractivity contribution in [2.45, 2.75) is 52.2 Å². The normalized spacial score (nSPS) is 17.5. The molecule has 1 saturated heterocycles. The summed E-state index contributed by atoms with van der Waals surface area (Å²) in [5, 5.41) is 20.8. The van der Waals surface area contributed by atoms with E-state index in [1.54, 1.807) is 36.4 Å². The first-order valence-electron chi connectivity index (χ1n) is 11.8. The van der Waals surface area contributed by atoms with Crippen LogP contribution in [-0.4, -0.2) is 52.7 Å². The Morgan fingerprint density at radius 1 is 1.00 bits per heavy atom. The summed E-state index contributed by atoms with van der Waals surface area (Å²) in [4.78, 5) is 27.3. The van der Waals surface area contributed by atoms with Crippen molar-refractivity contribution in [1.82, 2.24) is 4.90 Å². The zero-order chi connectivity index (χ0) is 24.7. The minimum atomic E-state index is -0.790. The minimum Gasteiger partial charge on any atom is -0.508 e. The van der Waals surface area contributed by atoms with Crippen LogP contribution in [0.2, 0.25) is 0 Å². The van der Waals surface area contributed by atoms with Gasteiger partial charge >= 0.3 is 0 Å². The summed E-state index contributed by atoms with van der Waals surface area (Å²) in [6, 6.07) is 12.3. The van der Waals surface area contributed by atoms with Crippen LogP contribution in [0, 0.1) is 0 Å². The fourth-order valence-electron chi connectivity index (χ4n) is 3.91. The molecule has 3 rings (SSSR count). The number of phenols is 1. The average Bonchev–Trinajstić information content (AvgIpc) is 3.07. The van der Waals surface area contributed by atoms with E-state index in [-0.39, 0.29) is 36.3 Å². The predicted octanol–water partition coefficient (Wildman–Crippen LogP) is 4.81. The van der Waals surface area contributed by atoms with E-state index < -0.39 is 17.7 Å². The second-order valence-corrected chi connectivity index (χ2v) is 8.58. The van der Waals surface area contributed by atoms with Crippen molar-refractivity contribution >= 4 is 17.4 Å². The quantitative estimate of drug-likeness (QED) is 0.213. The Morgan fingerprint density at radius 2 is 1.68 bits per heavy atom. The molecule has 1 fully saturated rings. The number of hydrogen-bond donors (Lipinski definition) is 2. The Balaban J connectivity index is 1.93. The first-order chi connectivity index (χ1) is 16.3. The molecule has 0 aliphatic carbocycles. The lowest BCUT2D eigenvalue weighted by molar-refractivity contribution is -0.140. The van der Waals surface area contributed by atoms with Gasteiger partial charge in [-0.15, -0.1) is 0 Å². The molecule has 1 unspecified atom stereocenters. The van der Waals surface area contributed by atoms with E-state index in [4.69, 9.17) is 9.47 Å². The lowest BCUT2D eigenvalue weighted by Crippen LogP contribution is -2.33. The second-order valence-electron chi connectivity index (χ2n) is 8.58. The third kappa shape index (κ3) is 5.97. The number of rotatable bonds is 11. The number of aliphatic hydroxyl groups excluding tert-OH is 1. The van der Waals surface area contributed by atoms with Crippen molar-refractivity contribution in [1.29, 1.82) is 0 Å². The number of Topliss-reactive ketones (excluding diaryl/α,β-unsaturated/α-hetero) is 1. The SMILES string of the molecule is CCCCCOc1ccc(/C(O)=C2/C(=O)C(=O)N(CCOC(C)C)C2c2ccc(O)cc2)cc1. The number of hydrogen-bond acceptors (Lipinski definition) is 6. The summed E-state index contributed by atoms with van der Waals surface area (Å²) >= 11 is 0. The van der Waals surface area contributed by atoms with E-state index in [1.165, 1.54) is 17.0 Å². The summed E-state index contributed by atoms with van der Waals surface area (Å²) in [5.41, 5.74) is 1.04. The molecule has 34 heavy (non-hydrogen) atoms. The topological polar surface area (TPSA) is 96.3 Å². The van der Waals surface area contributed by atoms with Gasteiger partial charge in [0.15, 0.2) is 0 Å². The van der Waals surface area contributed by atoms with Crippen LogP contribution in [0.3, 0.4) is 0 Å². The number of unbranched alkanes of at least 4 members (excludes halogenated alkanes) is 2. The highest BCUT2D eigenvalue weighted by Crippen LogP contribution is 2.39. The number of aromatic hydroxyl groups is 1. The minimum absolute atomic E-state index is 0.0110. The van der Waals surface area contributed by atoms with Gasteiger partial charge in [0, 0.05) is 12.1 Å². The molecular weight excluding hydrogens is 434 g/mol. The van der Waals surface area contributed by atoms with Gasteiger partial charge in [-0.05, 0) is 62.2 Å². The van der Waals surface area contributed by atoms with Crippen LogP contribution >= 0.6 is 0 Å². The van der Waals surface area contributed by atoms with Gasteiger partial charge in [-0.25, -0.2) is 0 Å². The van der Waals surface area contributed by atoms with Crippen LogP contribution in [0.25, 0.3) is 5.76 Å². The van der Waals surface area contributed by atoms with Crippen LogP contribution in [0.15, 0.2) is 54.1 Å². The summed E-state index contributed by atoms with van der Waals surface area (Å²) in [5.74, 6) is -0.948. The molecule has 2 aromatic carbocycles.